The molecule has 5 nitrogen and oxygen atoms in total. The van der Waals surface area contributed by atoms with Crippen molar-refractivity contribution in [3.63, 3.8) is 0 Å². The Hall–Kier alpha value is -2.90. The summed E-state index contributed by atoms with van der Waals surface area (Å²) in [6.07, 6.45) is -7.01. The molecule has 2 aromatic carbocycles. The highest BCUT2D eigenvalue weighted by atomic mass is 19.4. The zero-order valence-electron chi connectivity index (χ0n) is 12.5. The van der Waals surface area contributed by atoms with Crippen LogP contribution in [-0.2, 0) is 10.2 Å². The van der Waals surface area contributed by atoms with E-state index in [1.807, 2.05) is 0 Å². The van der Waals surface area contributed by atoms with Crippen molar-refractivity contribution >= 4 is 11.6 Å². The van der Waals surface area contributed by atoms with Crippen molar-refractivity contribution in [2.24, 2.45) is 0 Å². The van der Waals surface area contributed by atoms with E-state index in [2.05, 4.69) is 5.32 Å². The number of rotatable bonds is 0. The molecule has 0 saturated heterocycles. The highest BCUT2D eigenvalue weighted by molar-refractivity contribution is 6.09. The monoisotopic (exact) mass is 349 g/mol. The molecule has 2 unspecified atom stereocenters. The van der Waals surface area contributed by atoms with Gasteiger partial charge in [-0.25, -0.2) is 0 Å². The number of hydrogen-bond acceptors (Lipinski definition) is 4. The first-order chi connectivity index (χ1) is 11.9. The van der Waals surface area contributed by atoms with Crippen LogP contribution in [0.15, 0.2) is 36.4 Å². The predicted octanol–water partition coefficient (Wildman–Crippen LogP) is 2.98. The Labute approximate surface area is 139 Å². The lowest BCUT2D eigenvalue weighted by Crippen LogP contribution is -2.37. The SMILES string of the molecule is O=C1Nc2ccccc2C12COc1cc3c(cc12)OC(C(F)(F)F)O3. The lowest BCUT2D eigenvalue weighted by molar-refractivity contribution is -0.242. The van der Waals surface area contributed by atoms with Crippen molar-refractivity contribution in [2.75, 3.05) is 11.9 Å². The zero-order valence-corrected chi connectivity index (χ0v) is 12.5. The van der Waals surface area contributed by atoms with Gasteiger partial charge in [-0.05, 0) is 17.7 Å². The largest absolute Gasteiger partial charge is 0.491 e. The standard InChI is InChI=1S/C17H10F3NO4/c18-17(19,20)15-24-12-5-9-11(6-13(12)25-15)23-7-16(9)8-3-1-2-4-10(8)21-14(16)22/h1-6,15H,7H2,(H,21,22). The molecule has 2 aromatic rings. The van der Waals surface area contributed by atoms with Crippen LogP contribution >= 0.6 is 0 Å². The number of nitrogens with one attached hydrogen (secondary N) is 1. The van der Waals surface area contributed by atoms with Gasteiger partial charge < -0.3 is 19.5 Å². The van der Waals surface area contributed by atoms with Crippen LogP contribution in [0.1, 0.15) is 11.1 Å². The van der Waals surface area contributed by atoms with Gasteiger partial charge in [0.1, 0.15) is 17.8 Å². The fourth-order valence-corrected chi connectivity index (χ4v) is 3.56. The average Bonchev–Trinajstić information content (AvgIpc) is 3.21. The Bertz CT molecular complexity index is 927. The van der Waals surface area contributed by atoms with Crippen molar-refractivity contribution in [3.8, 4) is 17.2 Å². The number of para-hydroxylation sites is 1. The Morgan fingerprint density at radius 2 is 1.76 bits per heavy atom. The molecule has 0 fully saturated rings. The molecule has 3 heterocycles. The van der Waals surface area contributed by atoms with Gasteiger partial charge >= 0.3 is 12.5 Å². The first kappa shape index (κ1) is 14.4. The topological polar surface area (TPSA) is 56.8 Å². The van der Waals surface area contributed by atoms with Gasteiger partial charge in [-0.15, -0.1) is 0 Å². The van der Waals surface area contributed by atoms with E-state index in [4.69, 9.17) is 14.2 Å². The molecular weight excluding hydrogens is 339 g/mol. The Morgan fingerprint density at radius 1 is 1.04 bits per heavy atom. The molecule has 25 heavy (non-hydrogen) atoms. The third-order valence-corrected chi connectivity index (χ3v) is 4.71. The lowest BCUT2D eigenvalue weighted by atomic mass is 9.77. The second-order valence-corrected chi connectivity index (χ2v) is 6.10. The number of hydrogen-bond donors (Lipinski definition) is 1. The molecule has 3 aliphatic heterocycles. The van der Waals surface area contributed by atoms with Gasteiger partial charge in [0.2, 0.25) is 5.91 Å². The highest BCUT2D eigenvalue weighted by Crippen LogP contribution is 2.54. The molecule has 0 bridgehead atoms. The van der Waals surface area contributed by atoms with Gasteiger partial charge in [0.05, 0.1) is 0 Å². The smallest absolute Gasteiger partial charge is 0.464 e. The van der Waals surface area contributed by atoms with Crippen LogP contribution in [0.5, 0.6) is 17.2 Å². The van der Waals surface area contributed by atoms with Crippen LogP contribution in [0.4, 0.5) is 18.9 Å². The normalized spacial score (nSPS) is 25.6. The summed E-state index contributed by atoms with van der Waals surface area (Å²) in [7, 11) is 0. The Kier molecular flexibility index (Phi) is 2.53. The van der Waals surface area contributed by atoms with E-state index in [0.717, 1.165) is 5.56 Å². The number of fused-ring (bicyclic) bond motifs is 5. The summed E-state index contributed by atoms with van der Waals surface area (Å²) in [6.45, 7) is 0.0662. The van der Waals surface area contributed by atoms with E-state index in [9.17, 15) is 18.0 Å². The first-order valence-electron chi connectivity index (χ1n) is 7.52. The van der Waals surface area contributed by atoms with E-state index >= 15 is 0 Å². The van der Waals surface area contributed by atoms with E-state index in [-0.39, 0.29) is 24.0 Å². The number of amides is 1. The van der Waals surface area contributed by atoms with Crippen molar-refractivity contribution < 1.29 is 32.2 Å². The van der Waals surface area contributed by atoms with Gasteiger partial charge in [0.15, 0.2) is 11.5 Å². The fourth-order valence-electron chi connectivity index (χ4n) is 3.56. The van der Waals surface area contributed by atoms with Gasteiger partial charge in [-0.2, -0.15) is 13.2 Å². The molecule has 1 spiro atoms. The molecule has 0 saturated carbocycles. The molecular formula is C17H10F3NO4. The summed E-state index contributed by atoms with van der Waals surface area (Å²) in [6, 6.07) is 9.92. The number of carbonyl (C=O) groups excluding carboxylic acids is 1. The van der Waals surface area contributed by atoms with Gasteiger partial charge in [-0.3, -0.25) is 4.79 Å². The van der Waals surface area contributed by atoms with E-state index in [1.165, 1.54) is 12.1 Å². The second-order valence-electron chi connectivity index (χ2n) is 6.10. The number of ether oxygens (including phenoxy) is 3. The molecule has 1 N–H and O–H groups in total. The molecule has 0 aromatic heterocycles. The van der Waals surface area contributed by atoms with Crippen LogP contribution in [0.2, 0.25) is 0 Å². The minimum Gasteiger partial charge on any atom is -0.491 e. The van der Waals surface area contributed by atoms with Crippen molar-refractivity contribution in [1.29, 1.82) is 0 Å². The van der Waals surface area contributed by atoms with Gasteiger partial charge in [0.25, 0.3) is 0 Å². The van der Waals surface area contributed by atoms with E-state index in [0.29, 0.717) is 17.0 Å². The second kappa shape index (κ2) is 4.38. The van der Waals surface area contributed by atoms with Gasteiger partial charge in [-0.1, -0.05) is 18.2 Å². The summed E-state index contributed by atoms with van der Waals surface area (Å²) >= 11 is 0. The molecule has 2 atom stereocenters. The van der Waals surface area contributed by atoms with Crippen LogP contribution in [0.3, 0.4) is 0 Å². The quantitative estimate of drug-likeness (QED) is 0.795. The number of halogens is 3. The maximum Gasteiger partial charge on any atom is 0.464 e. The molecule has 5 rings (SSSR count). The third-order valence-electron chi connectivity index (χ3n) is 4.71. The van der Waals surface area contributed by atoms with Gasteiger partial charge in [0, 0.05) is 17.3 Å². The molecule has 3 aliphatic rings. The van der Waals surface area contributed by atoms with Crippen molar-refractivity contribution in [1.82, 2.24) is 0 Å². The maximum absolute atomic E-state index is 12.8. The summed E-state index contributed by atoms with van der Waals surface area (Å²) in [5.74, 6) is -0.0661. The predicted molar refractivity (Wildman–Crippen MR) is 78.9 cm³/mol. The van der Waals surface area contributed by atoms with Crippen molar-refractivity contribution in [3.05, 3.63) is 47.5 Å². The minimum atomic E-state index is -4.65. The summed E-state index contributed by atoms with van der Waals surface area (Å²) in [4.78, 5) is 12.7. The zero-order chi connectivity index (χ0) is 17.4. The summed E-state index contributed by atoms with van der Waals surface area (Å²) in [5, 5.41) is 2.80. The average molecular weight is 349 g/mol. The maximum atomic E-state index is 12.8. The number of benzene rings is 2. The number of anilines is 1. The number of carbonyl (C=O) groups is 1. The number of alkyl halides is 3. The first-order valence-corrected chi connectivity index (χ1v) is 7.52. The molecule has 128 valence electrons. The Morgan fingerprint density at radius 3 is 2.52 bits per heavy atom. The van der Waals surface area contributed by atoms with Crippen LogP contribution in [-0.4, -0.2) is 25.0 Å². The summed E-state index contributed by atoms with van der Waals surface area (Å²) < 4.78 is 53.8. The van der Waals surface area contributed by atoms with Crippen LogP contribution in [0.25, 0.3) is 0 Å². The lowest BCUT2D eigenvalue weighted by Gasteiger charge is -2.20. The van der Waals surface area contributed by atoms with Crippen molar-refractivity contribution in [2.45, 2.75) is 17.9 Å². The Balaban J connectivity index is 1.65. The van der Waals surface area contributed by atoms with E-state index in [1.54, 1.807) is 24.3 Å². The molecule has 8 heteroatoms. The van der Waals surface area contributed by atoms with E-state index < -0.39 is 17.9 Å². The minimum absolute atomic E-state index is 0.0511. The van der Waals surface area contributed by atoms with Crippen LogP contribution in [0, 0.1) is 0 Å². The van der Waals surface area contributed by atoms with Crippen LogP contribution < -0.4 is 19.5 Å². The fraction of sp³-hybridized carbons (Fsp3) is 0.235. The molecule has 0 aliphatic carbocycles. The highest BCUT2D eigenvalue weighted by Gasteiger charge is 2.55. The molecule has 1 amide bonds. The summed E-state index contributed by atoms with van der Waals surface area (Å²) in [5.41, 5.74) is 0.764. The third kappa shape index (κ3) is 1.76. The molecule has 0 radical (unpaired) electrons.